The van der Waals surface area contributed by atoms with Gasteiger partial charge in [-0.2, -0.15) is 0 Å². The van der Waals surface area contributed by atoms with Crippen LogP contribution in [-0.4, -0.2) is 25.6 Å². The molecule has 0 fully saturated rings. The summed E-state index contributed by atoms with van der Waals surface area (Å²) in [6.45, 7) is 0.657. The molecule has 1 aromatic heterocycles. The van der Waals surface area contributed by atoms with E-state index in [2.05, 4.69) is 4.72 Å². The molecular weight excluding hydrogens is 356 g/mol. The highest BCUT2D eigenvalue weighted by Crippen LogP contribution is 2.21. The molecule has 0 aliphatic carbocycles. The van der Waals surface area contributed by atoms with Crippen molar-refractivity contribution < 1.29 is 17.6 Å². The van der Waals surface area contributed by atoms with Crippen LogP contribution in [0.5, 0.6) is 0 Å². The molecule has 4 rings (SSSR count). The van der Waals surface area contributed by atoms with Crippen molar-refractivity contribution in [2.75, 3.05) is 6.54 Å². The standard InChI is InChI=1S/C18H18N2O5S/c1-20-16-9-15(6-7-17(16)25-18(20)21)26(22,23)19-10-14-8-12-4-2-3-5-13(12)11-24-14/h2-7,9,14,19H,8,10-11H2,1H3/t14-/m0/s1. The number of nitrogens with zero attached hydrogens (tertiary/aromatic N) is 1. The van der Waals surface area contributed by atoms with Crippen LogP contribution in [0.15, 0.2) is 56.6 Å². The highest BCUT2D eigenvalue weighted by molar-refractivity contribution is 7.89. The molecule has 0 spiro atoms. The number of rotatable bonds is 4. The molecule has 2 heterocycles. The second-order valence-electron chi connectivity index (χ2n) is 6.31. The molecule has 0 unspecified atom stereocenters. The van der Waals surface area contributed by atoms with Crippen molar-refractivity contribution in [1.29, 1.82) is 0 Å². The van der Waals surface area contributed by atoms with Gasteiger partial charge < -0.3 is 9.15 Å². The highest BCUT2D eigenvalue weighted by atomic mass is 32.2. The summed E-state index contributed by atoms with van der Waals surface area (Å²) in [6, 6.07) is 12.3. The summed E-state index contributed by atoms with van der Waals surface area (Å²) in [5.41, 5.74) is 3.10. The van der Waals surface area contributed by atoms with Gasteiger partial charge in [-0.05, 0) is 29.3 Å². The van der Waals surface area contributed by atoms with Gasteiger partial charge in [0.1, 0.15) is 0 Å². The molecule has 2 aromatic carbocycles. The van der Waals surface area contributed by atoms with E-state index in [0.717, 1.165) is 5.56 Å². The van der Waals surface area contributed by atoms with Gasteiger partial charge in [-0.3, -0.25) is 4.57 Å². The van der Waals surface area contributed by atoms with E-state index >= 15 is 0 Å². The summed E-state index contributed by atoms with van der Waals surface area (Å²) < 4.78 is 39.8. The summed E-state index contributed by atoms with van der Waals surface area (Å²) in [7, 11) is -2.19. The Morgan fingerprint density at radius 2 is 1.96 bits per heavy atom. The van der Waals surface area contributed by atoms with E-state index in [1.54, 1.807) is 0 Å². The lowest BCUT2D eigenvalue weighted by molar-refractivity contribution is 0.0322. The molecule has 26 heavy (non-hydrogen) atoms. The molecule has 3 aromatic rings. The average molecular weight is 374 g/mol. The third kappa shape index (κ3) is 3.07. The smallest absolute Gasteiger partial charge is 0.408 e. The summed E-state index contributed by atoms with van der Waals surface area (Å²) in [6.07, 6.45) is 0.440. The van der Waals surface area contributed by atoms with Crippen LogP contribution >= 0.6 is 0 Å². The van der Waals surface area contributed by atoms with Crippen LogP contribution in [0.4, 0.5) is 0 Å². The second kappa shape index (κ2) is 6.39. The summed E-state index contributed by atoms with van der Waals surface area (Å²) in [5, 5.41) is 0. The van der Waals surface area contributed by atoms with Crippen molar-refractivity contribution in [1.82, 2.24) is 9.29 Å². The minimum Gasteiger partial charge on any atom is -0.408 e. The predicted octanol–water partition coefficient (Wildman–Crippen LogP) is 1.55. The van der Waals surface area contributed by atoms with Gasteiger partial charge in [0.05, 0.1) is 23.1 Å². The van der Waals surface area contributed by atoms with Crippen molar-refractivity contribution in [3.63, 3.8) is 0 Å². The Hall–Kier alpha value is -2.42. The zero-order valence-electron chi connectivity index (χ0n) is 14.1. The van der Waals surface area contributed by atoms with Gasteiger partial charge in [0.15, 0.2) is 5.58 Å². The third-order valence-corrected chi connectivity index (χ3v) is 6.04. The predicted molar refractivity (Wildman–Crippen MR) is 95.4 cm³/mol. The Bertz CT molecular complexity index is 1130. The first-order chi connectivity index (χ1) is 12.4. The number of hydrogen-bond donors (Lipinski definition) is 1. The Kier molecular flexibility index (Phi) is 4.18. The van der Waals surface area contributed by atoms with Crippen LogP contribution < -0.4 is 10.5 Å². The minimum absolute atomic E-state index is 0.0811. The Balaban J connectivity index is 1.51. The lowest BCUT2D eigenvalue weighted by Crippen LogP contribution is -2.36. The number of oxazole rings is 1. The fourth-order valence-corrected chi connectivity index (χ4v) is 4.19. The molecule has 1 aliphatic rings. The van der Waals surface area contributed by atoms with Gasteiger partial charge in [0, 0.05) is 20.0 Å². The first-order valence-corrected chi connectivity index (χ1v) is 9.70. The molecule has 1 atom stereocenters. The van der Waals surface area contributed by atoms with Gasteiger partial charge in [-0.25, -0.2) is 17.9 Å². The molecule has 7 nitrogen and oxygen atoms in total. The number of aromatic nitrogens is 1. The molecule has 0 saturated carbocycles. The topological polar surface area (TPSA) is 90.5 Å². The maximum atomic E-state index is 12.6. The average Bonchev–Trinajstić information content (AvgIpc) is 2.93. The Morgan fingerprint density at radius 3 is 2.77 bits per heavy atom. The van der Waals surface area contributed by atoms with Crippen LogP contribution in [0.2, 0.25) is 0 Å². The third-order valence-electron chi connectivity index (χ3n) is 4.61. The molecule has 1 N–H and O–H groups in total. The first-order valence-electron chi connectivity index (χ1n) is 8.22. The summed E-state index contributed by atoms with van der Waals surface area (Å²) >= 11 is 0. The molecule has 136 valence electrons. The quantitative estimate of drug-likeness (QED) is 0.748. The molecular formula is C18H18N2O5S. The number of nitrogens with one attached hydrogen (secondary N) is 1. The van der Waals surface area contributed by atoms with Crippen molar-refractivity contribution in [3.8, 4) is 0 Å². The maximum Gasteiger partial charge on any atom is 0.419 e. The van der Waals surface area contributed by atoms with E-state index in [1.807, 2.05) is 24.3 Å². The van der Waals surface area contributed by atoms with E-state index in [0.29, 0.717) is 24.1 Å². The highest BCUT2D eigenvalue weighted by Gasteiger charge is 2.22. The van der Waals surface area contributed by atoms with Crippen LogP contribution in [0.3, 0.4) is 0 Å². The van der Waals surface area contributed by atoms with Crippen molar-refractivity contribution >= 4 is 21.1 Å². The van der Waals surface area contributed by atoms with E-state index in [-0.39, 0.29) is 17.5 Å². The molecule has 0 saturated heterocycles. The number of hydrogen-bond acceptors (Lipinski definition) is 5. The molecule has 0 amide bonds. The van der Waals surface area contributed by atoms with Crippen LogP contribution in [-0.2, 0) is 34.8 Å². The van der Waals surface area contributed by atoms with Crippen LogP contribution in [0.1, 0.15) is 11.1 Å². The lowest BCUT2D eigenvalue weighted by Gasteiger charge is -2.25. The number of sulfonamides is 1. The van der Waals surface area contributed by atoms with Crippen molar-refractivity contribution in [3.05, 3.63) is 64.1 Å². The fourth-order valence-electron chi connectivity index (χ4n) is 3.10. The first kappa shape index (κ1) is 17.0. The van der Waals surface area contributed by atoms with Gasteiger partial charge in [0.2, 0.25) is 10.0 Å². The van der Waals surface area contributed by atoms with Gasteiger partial charge >= 0.3 is 5.76 Å². The lowest BCUT2D eigenvalue weighted by atomic mass is 9.99. The number of ether oxygens (including phenoxy) is 1. The number of benzene rings is 2. The molecule has 0 radical (unpaired) electrons. The van der Waals surface area contributed by atoms with Crippen molar-refractivity contribution in [2.45, 2.75) is 24.0 Å². The zero-order valence-corrected chi connectivity index (χ0v) is 15.0. The van der Waals surface area contributed by atoms with Crippen molar-refractivity contribution in [2.24, 2.45) is 7.05 Å². The minimum atomic E-state index is -3.72. The van der Waals surface area contributed by atoms with E-state index in [4.69, 9.17) is 9.15 Å². The second-order valence-corrected chi connectivity index (χ2v) is 8.08. The Morgan fingerprint density at radius 1 is 1.19 bits per heavy atom. The van der Waals surface area contributed by atoms with Gasteiger partial charge in [-0.15, -0.1) is 0 Å². The SMILES string of the molecule is Cn1c(=O)oc2ccc(S(=O)(=O)NC[C@@H]3Cc4ccccc4CO3)cc21. The molecule has 0 bridgehead atoms. The largest absolute Gasteiger partial charge is 0.419 e. The fraction of sp³-hybridized carbons (Fsp3) is 0.278. The Labute approximate surface area is 150 Å². The number of fused-ring (bicyclic) bond motifs is 2. The monoisotopic (exact) mass is 374 g/mol. The van der Waals surface area contributed by atoms with Gasteiger partial charge in [0.25, 0.3) is 0 Å². The van der Waals surface area contributed by atoms with Crippen LogP contribution in [0, 0.1) is 0 Å². The molecule has 8 heteroatoms. The maximum absolute atomic E-state index is 12.6. The summed E-state index contributed by atoms with van der Waals surface area (Å²) in [5.74, 6) is -0.531. The van der Waals surface area contributed by atoms with E-state index < -0.39 is 15.8 Å². The van der Waals surface area contributed by atoms with E-state index in [1.165, 1.54) is 35.4 Å². The zero-order chi connectivity index (χ0) is 18.3. The normalized spacial score (nSPS) is 17.3. The number of aryl methyl sites for hydroxylation is 1. The summed E-state index contributed by atoms with van der Waals surface area (Å²) in [4.78, 5) is 11.6. The van der Waals surface area contributed by atoms with Gasteiger partial charge in [-0.1, -0.05) is 24.3 Å². The molecule has 1 aliphatic heterocycles. The van der Waals surface area contributed by atoms with E-state index in [9.17, 15) is 13.2 Å². The van der Waals surface area contributed by atoms with Crippen LogP contribution in [0.25, 0.3) is 11.1 Å².